The van der Waals surface area contributed by atoms with E-state index < -0.39 is 4.92 Å². The summed E-state index contributed by atoms with van der Waals surface area (Å²) in [5, 5.41) is 11.1. The van der Waals surface area contributed by atoms with Crippen LogP contribution in [0.25, 0.3) is 0 Å². The monoisotopic (exact) mass is 280 g/mol. The van der Waals surface area contributed by atoms with Gasteiger partial charge in [-0.15, -0.1) is 0 Å². The van der Waals surface area contributed by atoms with Crippen LogP contribution in [0, 0.1) is 17.0 Å². The molecule has 0 bridgehead atoms. The van der Waals surface area contributed by atoms with Gasteiger partial charge in [-0.25, -0.2) is 4.98 Å². The summed E-state index contributed by atoms with van der Waals surface area (Å²) < 4.78 is 5.36. The molecule has 0 saturated heterocycles. The number of ether oxygens (including phenoxy) is 1. The van der Waals surface area contributed by atoms with Crippen molar-refractivity contribution in [2.45, 2.75) is 6.92 Å². The molecule has 19 heavy (non-hydrogen) atoms. The Hall–Kier alpha value is -2.41. The summed E-state index contributed by atoms with van der Waals surface area (Å²) in [6.45, 7) is 1.61. The van der Waals surface area contributed by atoms with Gasteiger partial charge >= 0.3 is 5.69 Å². The number of anilines is 1. The van der Waals surface area contributed by atoms with Gasteiger partial charge in [-0.1, -0.05) is 23.7 Å². The maximum absolute atomic E-state index is 11.0. The van der Waals surface area contributed by atoms with Gasteiger partial charge in [0.25, 0.3) is 0 Å². The number of nitro groups is 1. The van der Waals surface area contributed by atoms with E-state index in [0.29, 0.717) is 5.56 Å². The Labute approximate surface area is 113 Å². The minimum absolute atomic E-state index is 0.0251. The molecule has 98 valence electrons. The number of nitrogen functional groups attached to an aromatic ring is 1. The molecular formula is C11H9ClN4O3. The van der Waals surface area contributed by atoms with Crippen molar-refractivity contribution in [1.82, 2.24) is 9.97 Å². The molecule has 1 aromatic heterocycles. The van der Waals surface area contributed by atoms with Crippen LogP contribution in [0.2, 0.25) is 5.02 Å². The summed E-state index contributed by atoms with van der Waals surface area (Å²) in [6.07, 6.45) is 1.26. The first-order valence-corrected chi connectivity index (χ1v) is 5.56. The number of halogens is 1. The lowest BCUT2D eigenvalue weighted by Crippen LogP contribution is -2.00. The first-order valence-electron chi connectivity index (χ1n) is 5.19. The second kappa shape index (κ2) is 5.07. The fraction of sp³-hybridized carbons (Fsp3) is 0.0909. The molecule has 0 aliphatic heterocycles. The van der Waals surface area contributed by atoms with Crippen LogP contribution in [-0.4, -0.2) is 14.9 Å². The van der Waals surface area contributed by atoms with Crippen LogP contribution in [0.1, 0.15) is 5.56 Å². The molecule has 0 aliphatic rings. The first-order chi connectivity index (χ1) is 8.99. The Balaban J connectivity index is 2.46. The predicted molar refractivity (Wildman–Crippen MR) is 69.4 cm³/mol. The molecule has 0 unspecified atom stereocenters. The standard InChI is InChI=1S/C11H9ClN4O3/c1-6-3-2-4-8(9(6)16(17)18)19-10-7(12)5-14-11(13)15-10/h2-5H,1H3,(H2,13,14,15). The minimum atomic E-state index is -0.525. The summed E-state index contributed by atoms with van der Waals surface area (Å²) in [5.74, 6) is -0.0115. The average molecular weight is 281 g/mol. The molecule has 1 aromatic carbocycles. The number of rotatable bonds is 3. The molecule has 8 heteroatoms. The zero-order chi connectivity index (χ0) is 14.0. The number of nitrogens with zero attached hydrogens (tertiary/aromatic N) is 3. The molecule has 0 aliphatic carbocycles. The van der Waals surface area contributed by atoms with Gasteiger partial charge in [0, 0.05) is 5.56 Å². The average Bonchev–Trinajstić information content (AvgIpc) is 2.33. The first kappa shape index (κ1) is 13.0. The van der Waals surface area contributed by atoms with Gasteiger partial charge in [-0.2, -0.15) is 4.98 Å². The quantitative estimate of drug-likeness (QED) is 0.684. The molecule has 0 amide bonds. The smallest absolute Gasteiger partial charge is 0.314 e. The topological polar surface area (TPSA) is 104 Å². The van der Waals surface area contributed by atoms with Crippen LogP contribution in [-0.2, 0) is 0 Å². The highest BCUT2D eigenvalue weighted by molar-refractivity contribution is 6.31. The molecule has 0 spiro atoms. The number of nitrogens with two attached hydrogens (primary N) is 1. The molecule has 0 fully saturated rings. The largest absolute Gasteiger partial charge is 0.430 e. The summed E-state index contributed by atoms with van der Waals surface area (Å²) in [6, 6.07) is 4.71. The van der Waals surface area contributed by atoms with Crippen molar-refractivity contribution in [2.75, 3.05) is 5.73 Å². The van der Waals surface area contributed by atoms with Crippen molar-refractivity contribution in [3.8, 4) is 11.6 Å². The van der Waals surface area contributed by atoms with E-state index >= 15 is 0 Å². The van der Waals surface area contributed by atoms with Crippen LogP contribution >= 0.6 is 11.6 Å². The van der Waals surface area contributed by atoms with Gasteiger partial charge in [0.05, 0.1) is 11.1 Å². The van der Waals surface area contributed by atoms with Gasteiger partial charge in [-0.05, 0) is 13.0 Å². The summed E-state index contributed by atoms with van der Waals surface area (Å²) in [5.41, 5.74) is 5.74. The zero-order valence-corrected chi connectivity index (χ0v) is 10.6. The fourth-order valence-corrected chi connectivity index (χ4v) is 1.62. The molecule has 1 heterocycles. The second-order valence-corrected chi connectivity index (χ2v) is 4.07. The Morgan fingerprint density at radius 3 is 2.89 bits per heavy atom. The second-order valence-electron chi connectivity index (χ2n) is 3.66. The van der Waals surface area contributed by atoms with E-state index in [2.05, 4.69) is 9.97 Å². The van der Waals surface area contributed by atoms with Crippen LogP contribution in [0.5, 0.6) is 11.6 Å². The third-order valence-corrected chi connectivity index (χ3v) is 2.58. The zero-order valence-electron chi connectivity index (χ0n) is 9.83. The van der Waals surface area contributed by atoms with Crippen LogP contribution in [0.4, 0.5) is 11.6 Å². The van der Waals surface area contributed by atoms with Crippen LogP contribution in [0.15, 0.2) is 24.4 Å². The van der Waals surface area contributed by atoms with Crippen LogP contribution < -0.4 is 10.5 Å². The number of hydrogen-bond acceptors (Lipinski definition) is 6. The number of hydrogen-bond donors (Lipinski definition) is 1. The molecule has 2 N–H and O–H groups in total. The molecule has 7 nitrogen and oxygen atoms in total. The number of benzene rings is 1. The van der Waals surface area contributed by atoms with Crippen molar-refractivity contribution in [3.63, 3.8) is 0 Å². The Morgan fingerprint density at radius 1 is 1.47 bits per heavy atom. The van der Waals surface area contributed by atoms with Gasteiger partial charge in [0.1, 0.15) is 5.02 Å². The molecule has 0 saturated carbocycles. The highest BCUT2D eigenvalue weighted by Gasteiger charge is 2.20. The van der Waals surface area contributed by atoms with E-state index in [0.717, 1.165) is 0 Å². The SMILES string of the molecule is Cc1cccc(Oc2nc(N)ncc2Cl)c1[N+](=O)[O-]. The molecule has 2 rings (SSSR count). The Morgan fingerprint density at radius 2 is 2.21 bits per heavy atom. The van der Waals surface area contributed by atoms with E-state index in [4.69, 9.17) is 22.1 Å². The number of para-hydroxylation sites is 1. The predicted octanol–water partition coefficient (Wildman–Crippen LogP) is 2.72. The van der Waals surface area contributed by atoms with E-state index in [-0.39, 0.29) is 28.3 Å². The molecule has 0 atom stereocenters. The van der Waals surface area contributed by atoms with Crippen molar-refractivity contribution in [3.05, 3.63) is 45.1 Å². The van der Waals surface area contributed by atoms with E-state index in [9.17, 15) is 10.1 Å². The lowest BCUT2D eigenvalue weighted by molar-refractivity contribution is -0.386. The third-order valence-electron chi connectivity index (χ3n) is 2.32. The van der Waals surface area contributed by atoms with Gasteiger partial charge in [0.2, 0.25) is 17.6 Å². The summed E-state index contributed by atoms with van der Waals surface area (Å²) >= 11 is 5.84. The van der Waals surface area contributed by atoms with Crippen molar-refractivity contribution < 1.29 is 9.66 Å². The van der Waals surface area contributed by atoms with Crippen molar-refractivity contribution in [1.29, 1.82) is 0 Å². The number of aromatic nitrogens is 2. The molecule has 0 radical (unpaired) electrons. The maximum atomic E-state index is 11.0. The Kier molecular flexibility index (Phi) is 3.48. The van der Waals surface area contributed by atoms with E-state index in [1.165, 1.54) is 12.3 Å². The number of aryl methyl sites for hydroxylation is 1. The molecule has 2 aromatic rings. The van der Waals surface area contributed by atoms with E-state index in [1.807, 2.05) is 0 Å². The number of nitro benzene ring substituents is 1. The van der Waals surface area contributed by atoms with Crippen molar-refractivity contribution in [2.24, 2.45) is 0 Å². The highest BCUT2D eigenvalue weighted by atomic mass is 35.5. The van der Waals surface area contributed by atoms with Crippen LogP contribution in [0.3, 0.4) is 0 Å². The van der Waals surface area contributed by atoms with E-state index in [1.54, 1.807) is 19.1 Å². The van der Waals surface area contributed by atoms with Crippen molar-refractivity contribution >= 4 is 23.2 Å². The summed E-state index contributed by atoms with van der Waals surface area (Å²) in [7, 11) is 0. The molecular weight excluding hydrogens is 272 g/mol. The van der Waals surface area contributed by atoms with Gasteiger partial charge in [0.15, 0.2) is 0 Å². The summed E-state index contributed by atoms with van der Waals surface area (Å²) in [4.78, 5) is 18.0. The maximum Gasteiger partial charge on any atom is 0.314 e. The Bertz CT molecular complexity index is 648. The lowest BCUT2D eigenvalue weighted by Gasteiger charge is -2.08. The lowest BCUT2D eigenvalue weighted by atomic mass is 10.2. The minimum Gasteiger partial charge on any atom is -0.430 e. The fourth-order valence-electron chi connectivity index (χ4n) is 1.49. The highest BCUT2D eigenvalue weighted by Crippen LogP contribution is 2.35. The van der Waals surface area contributed by atoms with Gasteiger partial charge in [-0.3, -0.25) is 10.1 Å². The third kappa shape index (κ3) is 2.71. The van der Waals surface area contributed by atoms with Gasteiger partial charge < -0.3 is 10.5 Å². The normalized spacial score (nSPS) is 10.2.